The third kappa shape index (κ3) is 6.47. The molecule has 3 rings (SSSR count). The molecule has 34 heavy (non-hydrogen) atoms. The molecule has 0 spiro atoms. The quantitative estimate of drug-likeness (QED) is 0.430. The van der Waals surface area contributed by atoms with E-state index >= 15 is 0 Å². The van der Waals surface area contributed by atoms with Gasteiger partial charge >= 0.3 is 0 Å². The van der Waals surface area contributed by atoms with Gasteiger partial charge in [0.1, 0.15) is 12.4 Å². The van der Waals surface area contributed by atoms with Gasteiger partial charge in [-0.15, -0.1) is 11.3 Å². The Hall–Kier alpha value is -2.21. The zero-order valence-corrected chi connectivity index (χ0v) is 22.3. The fourth-order valence-electron chi connectivity index (χ4n) is 5.07. The van der Waals surface area contributed by atoms with Crippen LogP contribution in [0.4, 0.5) is 4.39 Å². The number of rotatable bonds is 8. The van der Waals surface area contributed by atoms with Gasteiger partial charge in [-0.05, 0) is 72.2 Å². The lowest BCUT2D eigenvalue weighted by molar-refractivity contribution is -0.144. The topological polar surface area (TPSA) is 40.6 Å². The second-order valence-electron chi connectivity index (χ2n) is 10.9. The normalized spacial score (nSPS) is 17.7. The number of fused-ring (bicyclic) bond motifs is 1. The molecule has 1 aliphatic heterocycles. The summed E-state index contributed by atoms with van der Waals surface area (Å²) < 4.78 is 13.6. The summed E-state index contributed by atoms with van der Waals surface area (Å²) in [6.07, 6.45) is 3.00. The van der Waals surface area contributed by atoms with Gasteiger partial charge in [0.05, 0.1) is 6.04 Å². The summed E-state index contributed by atoms with van der Waals surface area (Å²) in [4.78, 5) is 31.9. The van der Waals surface area contributed by atoms with Gasteiger partial charge in [-0.2, -0.15) is 0 Å². The van der Waals surface area contributed by atoms with Gasteiger partial charge in [0, 0.05) is 23.9 Å². The van der Waals surface area contributed by atoms with Crippen LogP contribution in [0, 0.1) is 17.2 Å². The molecule has 186 valence electrons. The Morgan fingerprint density at radius 1 is 1.18 bits per heavy atom. The monoisotopic (exact) mass is 486 g/mol. The average molecular weight is 487 g/mol. The molecule has 0 aliphatic carbocycles. The van der Waals surface area contributed by atoms with E-state index in [2.05, 4.69) is 39.1 Å². The molecule has 6 heteroatoms. The van der Waals surface area contributed by atoms with Crippen LogP contribution in [0.3, 0.4) is 0 Å². The SMILES string of the molecule is CCC(C)N(CC(=O)N1CCc2sccc2C1c1ccc(F)cc1)C(=O)CC(C)CC(C)(C)C. The zero-order valence-electron chi connectivity index (χ0n) is 21.4. The third-order valence-electron chi connectivity index (χ3n) is 6.70. The van der Waals surface area contributed by atoms with Gasteiger partial charge in [-0.1, -0.05) is 46.8 Å². The molecule has 0 saturated heterocycles. The lowest BCUT2D eigenvalue weighted by atomic mass is 9.84. The predicted molar refractivity (Wildman–Crippen MR) is 137 cm³/mol. The summed E-state index contributed by atoms with van der Waals surface area (Å²) in [5, 5.41) is 2.06. The molecular weight excluding hydrogens is 447 g/mol. The predicted octanol–water partition coefficient (Wildman–Crippen LogP) is 6.45. The van der Waals surface area contributed by atoms with Crippen molar-refractivity contribution in [1.82, 2.24) is 9.80 Å². The summed E-state index contributed by atoms with van der Waals surface area (Å²) in [6, 6.07) is 8.23. The van der Waals surface area contributed by atoms with Crippen molar-refractivity contribution in [3.63, 3.8) is 0 Å². The molecule has 2 heterocycles. The maximum Gasteiger partial charge on any atom is 0.243 e. The van der Waals surface area contributed by atoms with Crippen LogP contribution in [-0.4, -0.2) is 40.7 Å². The van der Waals surface area contributed by atoms with E-state index in [1.54, 1.807) is 28.4 Å². The number of halogens is 1. The summed E-state index contributed by atoms with van der Waals surface area (Å²) >= 11 is 1.70. The molecule has 0 saturated carbocycles. The molecule has 1 aromatic heterocycles. The Bertz CT molecular complexity index is 979. The molecule has 4 nitrogen and oxygen atoms in total. The number of benzene rings is 1. The molecule has 0 radical (unpaired) electrons. The van der Waals surface area contributed by atoms with E-state index in [0.717, 1.165) is 30.4 Å². The number of carbonyl (C=O) groups excluding carboxylic acids is 2. The van der Waals surface area contributed by atoms with Gasteiger partial charge in [0.2, 0.25) is 11.8 Å². The second kappa shape index (κ2) is 11.0. The van der Waals surface area contributed by atoms with Crippen LogP contribution in [0.15, 0.2) is 35.7 Å². The van der Waals surface area contributed by atoms with Crippen molar-refractivity contribution in [3.05, 3.63) is 57.5 Å². The smallest absolute Gasteiger partial charge is 0.243 e. The van der Waals surface area contributed by atoms with Crippen LogP contribution in [0.5, 0.6) is 0 Å². The van der Waals surface area contributed by atoms with Crippen LogP contribution >= 0.6 is 11.3 Å². The van der Waals surface area contributed by atoms with Crippen LogP contribution in [0.2, 0.25) is 0 Å². The van der Waals surface area contributed by atoms with Crippen LogP contribution in [0.25, 0.3) is 0 Å². The molecule has 0 fully saturated rings. The van der Waals surface area contributed by atoms with E-state index in [1.165, 1.54) is 17.0 Å². The maximum absolute atomic E-state index is 13.7. The van der Waals surface area contributed by atoms with Crippen molar-refractivity contribution in [3.8, 4) is 0 Å². The number of thiophene rings is 1. The molecule has 0 N–H and O–H groups in total. The standard InChI is InChI=1S/C28H39FN2O2S/c1-7-20(3)31(25(32)16-19(2)17-28(4,5)6)18-26(33)30-14-12-24-23(13-15-34-24)27(30)21-8-10-22(29)11-9-21/h8-11,13,15,19-20,27H,7,12,14,16-18H2,1-6H3. The van der Waals surface area contributed by atoms with Crippen LogP contribution < -0.4 is 0 Å². The Balaban J connectivity index is 1.82. The maximum atomic E-state index is 13.7. The van der Waals surface area contributed by atoms with Crippen molar-refractivity contribution in [2.75, 3.05) is 13.1 Å². The molecule has 1 aromatic carbocycles. The number of amides is 2. The van der Waals surface area contributed by atoms with Crippen molar-refractivity contribution in [2.24, 2.45) is 11.3 Å². The van der Waals surface area contributed by atoms with Crippen molar-refractivity contribution < 1.29 is 14.0 Å². The minimum absolute atomic E-state index is 0.0101. The molecule has 2 amide bonds. The van der Waals surface area contributed by atoms with Gasteiger partial charge in [0.15, 0.2) is 0 Å². The molecule has 0 bridgehead atoms. The highest BCUT2D eigenvalue weighted by Gasteiger charge is 2.35. The Morgan fingerprint density at radius 2 is 1.85 bits per heavy atom. The Morgan fingerprint density at radius 3 is 2.47 bits per heavy atom. The lowest BCUT2D eigenvalue weighted by Crippen LogP contribution is -2.49. The molecule has 1 aliphatic rings. The fraction of sp³-hybridized carbons (Fsp3) is 0.571. The van der Waals surface area contributed by atoms with Crippen LogP contribution in [0.1, 0.15) is 82.9 Å². The highest BCUT2D eigenvalue weighted by atomic mass is 32.1. The Kier molecular flexibility index (Phi) is 8.56. The zero-order chi connectivity index (χ0) is 25.0. The molecule has 3 atom stereocenters. The van der Waals surface area contributed by atoms with E-state index in [1.807, 2.05) is 18.7 Å². The van der Waals surface area contributed by atoms with Gasteiger partial charge in [0.25, 0.3) is 0 Å². The minimum atomic E-state index is -0.291. The average Bonchev–Trinajstić information content (AvgIpc) is 3.24. The highest BCUT2D eigenvalue weighted by Crippen LogP contribution is 2.38. The second-order valence-corrected chi connectivity index (χ2v) is 11.9. The van der Waals surface area contributed by atoms with E-state index in [9.17, 15) is 14.0 Å². The van der Waals surface area contributed by atoms with E-state index in [0.29, 0.717) is 13.0 Å². The van der Waals surface area contributed by atoms with E-state index < -0.39 is 0 Å². The number of nitrogens with zero attached hydrogens (tertiary/aromatic N) is 2. The fourth-order valence-corrected chi connectivity index (χ4v) is 5.97. The summed E-state index contributed by atoms with van der Waals surface area (Å²) in [5.74, 6) is -0.0420. The number of hydrogen-bond donors (Lipinski definition) is 0. The highest BCUT2D eigenvalue weighted by molar-refractivity contribution is 7.10. The van der Waals surface area contributed by atoms with Crippen LogP contribution in [-0.2, 0) is 16.0 Å². The number of carbonyl (C=O) groups is 2. The van der Waals surface area contributed by atoms with Crippen molar-refractivity contribution in [2.45, 2.75) is 79.3 Å². The minimum Gasteiger partial charge on any atom is -0.331 e. The van der Waals surface area contributed by atoms with Crippen molar-refractivity contribution in [1.29, 1.82) is 0 Å². The summed E-state index contributed by atoms with van der Waals surface area (Å²) in [7, 11) is 0. The number of hydrogen-bond acceptors (Lipinski definition) is 3. The lowest BCUT2D eigenvalue weighted by Gasteiger charge is -2.38. The molecular formula is C28H39FN2O2S. The summed E-state index contributed by atoms with van der Waals surface area (Å²) in [6.45, 7) is 13.4. The molecule has 3 unspecified atom stereocenters. The largest absolute Gasteiger partial charge is 0.331 e. The first-order chi connectivity index (χ1) is 16.0. The first-order valence-corrected chi connectivity index (χ1v) is 13.3. The summed E-state index contributed by atoms with van der Waals surface area (Å²) in [5.41, 5.74) is 2.16. The molecule has 2 aromatic rings. The van der Waals surface area contributed by atoms with Gasteiger partial charge < -0.3 is 9.80 Å². The van der Waals surface area contributed by atoms with Gasteiger partial charge in [-0.3, -0.25) is 9.59 Å². The van der Waals surface area contributed by atoms with E-state index in [4.69, 9.17) is 0 Å². The van der Waals surface area contributed by atoms with Gasteiger partial charge in [-0.25, -0.2) is 4.39 Å². The first kappa shape index (κ1) is 26.4. The van der Waals surface area contributed by atoms with Crippen molar-refractivity contribution >= 4 is 23.2 Å². The Labute approximate surface area is 208 Å². The first-order valence-electron chi connectivity index (χ1n) is 12.4. The third-order valence-corrected chi connectivity index (χ3v) is 7.70. The van der Waals surface area contributed by atoms with E-state index in [-0.39, 0.29) is 47.6 Å².